The Morgan fingerprint density at radius 1 is 0.846 bits per heavy atom. The molecule has 0 spiro atoms. The quantitative estimate of drug-likeness (QED) is 0.0756. The van der Waals surface area contributed by atoms with Crippen molar-refractivity contribution in [2.24, 2.45) is 23.7 Å². The highest BCUT2D eigenvalue weighted by Crippen LogP contribution is 2.65. The van der Waals surface area contributed by atoms with Crippen LogP contribution >= 0.6 is 34.8 Å². The number of nitrogens with zero attached hydrogens (tertiary/aromatic N) is 2. The standard InChI is InChI=1S/C36H22Cl3F5N2O6/c1-13-2-3-16(10-21(13)37)45-31(48)19-6-5-18-20(23(19)32(45)49)11-35(38)33(50)46(30-28(43)26(41)25(40)27(42)29(30)44)34(51)36(35,39)24(18)15-8-14-9-17(47)4-7-22(14)52-12-15/h2-5,7,9-10,12,19-20,23-24,47H,6,8,11H2,1H3. The van der Waals surface area contributed by atoms with Crippen LogP contribution in [0.2, 0.25) is 5.02 Å². The number of ether oxygens (including phenoxy) is 1. The van der Waals surface area contributed by atoms with Crippen molar-refractivity contribution in [1.82, 2.24) is 0 Å². The first-order valence-corrected chi connectivity index (χ1v) is 17.0. The zero-order valence-electron chi connectivity index (χ0n) is 26.5. The van der Waals surface area contributed by atoms with Crippen LogP contribution in [0.1, 0.15) is 24.0 Å². The second kappa shape index (κ2) is 11.5. The number of carbonyl (C=O) groups excluding carboxylic acids is 4. The monoisotopic (exact) mass is 778 g/mol. The molecule has 2 saturated heterocycles. The smallest absolute Gasteiger partial charge is 0.258 e. The van der Waals surface area contributed by atoms with E-state index in [1.165, 1.54) is 36.6 Å². The average molecular weight is 780 g/mol. The van der Waals surface area contributed by atoms with Crippen molar-refractivity contribution in [1.29, 1.82) is 0 Å². The van der Waals surface area contributed by atoms with Crippen LogP contribution in [0.3, 0.4) is 0 Å². The Morgan fingerprint density at radius 2 is 1.52 bits per heavy atom. The van der Waals surface area contributed by atoms with Gasteiger partial charge in [0, 0.05) is 22.9 Å². The van der Waals surface area contributed by atoms with E-state index < -0.39 is 98.2 Å². The number of carbonyl (C=O) groups is 4. The van der Waals surface area contributed by atoms with Gasteiger partial charge in [-0.25, -0.2) is 31.8 Å². The van der Waals surface area contributed by atoms with Gasteiger partial charge in [-0.15, -0.1) is 23.2 Å². The van der Waals surface area contributed by atoms with E-state index in [1.807, 2.05) is 0 Å². The Kier molecular flexibility index (Phi) is 7.67. The fourth-order valence-corrected chi connectivity index (χ4v) is 9.48. The van der Waals surface area contributed by atoms with E-state index in [0.717, 1.165) is 4.90 Å². The Bertz CT molecular complexity index is 2260. The zero-order chi connectivity index (χ0) is 37.3. The molecule has 0 bridgehead atoms. The molecule has 16 heteroatoms. The summed E-state index contributed by atoms with van der Waals surface area (Å²) < 4.78 is 79.5. The minimum Gasteiger partial charge on any atom is -0.508 e. The van der Waals surface area contributed by atoms with E-state index in [2.05, 4.69) is 0 Å². The molecule has 5 aliphatic rings. The summed E-state index contributed by atoms with van der Waals surface area (Å²) in [4.78, 5) is 52.4. The van der Waals surface area contributed by atoms with Gasteiger partial charge in [-0.1, -0.05) is 29.3 Å². The van der Waals surface area contributed by atoms with Crippen molar-refractivity contribution in [3.8, 4) is 11.5 Å². The summed E-state index contributed by atoms with van der Waals surface area (Å²) in [6.07, 6.45) is 2.04. The Morgan fingerprint density at radius 3 is 2.19 bits per heavy atom. The third-order valence-electron chi connectivity index (χ3n) is 10.8. The van der Waals surface area contributed by atoms with Gasteiger partial charge < -0.3 is 9.84 Å². The zero-order valence-corrected chi connectivity index (χ0v) is 28.7. The van der Waals surface area contributed by atoms with Gasteiger partial charge in [0.15, 0.2) is 33.0 Å². The molecule has 0 radical (unpaired) electrons. The number of imide groups is 2. The van der Waals surface area contributed by atoms with Crippen molar-refractivity contribution in [3.63, 3.8) is 0 Å². The Labute approximate surface area is 306 Å². The number of anilines is 2. The molecule has 3 aliphatic heterocycles. The topological polar surface area (TPSA) is 104 Å². The summed E-state index contributed by atoms with van der Waals surface area (Å²) in [5.41, 5.74) is -0.150. The first-order valence-electron chi connectivity index (χ1n) is 15.8. The van der Waals surface area contributed by atoms with Gasteiger partial charge in [0.05, 0.1) is 23.8 Å². The van der Waals surface area contributed by atoms with Crippen molar-refractivity contribution in [2.75, 3.05) is 9.80 Å². The number of fused-ring (bicyclic) bond motifs is 5. The van der Waals surface area contributed by atoms with E-state index in [1.54, 1.807) is 19.1 Å². The number of amides is 4. The number of hydrogen-bond donors (Lipinski definition) is 1. The number of phenols is 1. The second-order valence-corrected chi connectivity index (χ2v) is 15.1. The molecule has 0 aromatic heterocycles. The summed E-state index contributed by atoms with van der Waals surface area (Å²) in [5.74, 6) is -21.3. The highest BCUT2D eigenvalue weighted by Gasteiger charge is 2.77. The Balaban J connectivity index is 1.31. The molecular formula is C36H22Cl3F5N2O6. The molecule has 3 aromatic rings. The molecule has 6 unspecified atom stereocenters. The van der Waals surface area contributed by atoms with Crippen molar-refractivity contribution in [3.05, 3.63) is 105 Å². The molecular weight excluding hydrogens is 758 g/mol. The molecule has 268 valence electrons. The lowest BCUT2D eigenvalue weighted by atomic mass is 9.56. The SMILES string of the molecule is Cc1ccc(N2C(=O)C3CC=C4C(CC5(Cl)C(=O)N(c6c(F)c(F)c(F)c(F)c6F)C(=O)C5(Cl)C4C4=COc5ccc(O)cc5C4)C3C2=O)cc1Cl. The van der Waals surface area contributed by atoms with Gasteiger partial charge in [-0.05, 0) is 67.2 Å². The number of allylic oxidation sites excluding steroid dienone is 3. The van der Waals surface area contributed by atoms with Gasteiger partial charge in [0.25, 0.3) is 11.8 Å². The molecule has 8 rings (SSSR count). The number of rotatable bonds is 3. The van der Waals surface area contributed by atoms with Crippen molar-refractivity contribution in [2.45, 2.75) is 35.9 Å². The number of benzene rings is 3. The minimum absolute atomic E-state index is 0.0368. The number of halogens is 8. The van der Waals surface area contributed by atoms with Crippen LogP contribution in [0.5, 0.6) is 11.5 Å². The molecule has 2 aliphatic carbocycles. The van der Waals surface area contributed by atoms with Crippen LogP contribution in [0, 0.1) is 59.7 Å². The van der Waals surface area contributed by atoms with Crippen LogP contribution in [0.4, 0.5) is 33.3 Å². The lowest BCUT2D eigenvalue weighted by Gasteiger charge is -2.51. The largest absolute Gasteiger partial charge is 0.508 e. The van der Waals surface area contributed by atoms with Crippen LogP contribution in [-0.2, 0) is 25.6 Å². The molecule has 3 fully saturated rings. The number of phenolic OH excluding ortho intramolecular Hbond substituents is 1. The molecule has 1 N–H and O–H groups in total. The van der Waals surface area contributed by atoms with Gasteiger partial charge in [0.1, 0.15) is 17.2 Å². The van der Waals surface area contributed by atoms with Crippen molar-refractivity contribution >= 4 is 69.8 Å². The maximum Gasteiger partial charge on any atom is 0.258 e. The maximum absolute atomic E-state index is 15.3. The molecule has 8 nitrogen and oxygen atoms in total. The van der Waals surface area contributed by atoms with Gasteiger partial charge >= 0.3 is 0 Å². The lowest BCUT2D eigenvalue weighted by Crippen LogP contribution is -2.61. The van der Waals surface area contributed by atoms with Crippen molar-refractivity contribution < 1.29 is 51.0 Å². The van der Waals surface area contributed by atoms with Crippen LogP contribution in [-0.4, -0.2) is 38.5 Å². The van der Waals surface area contributed by atoms with Gasteiger partial charge in [-0.3, -0.25) is 19.2 Å². The third kappa shape index (κ3) is 4.38. The highest BCUT2D eigenvalue weighted by atomic mass is 35.5. The number of aromatic hydroxyl groups is 1. The molecule has 3 aromatic carbocycles. The first-order chi connectivity index (χ1) is 24.5. The summed E-state index contributed by atoms with van der Waals surface area (Å²) in [6.45, 7) is 1.73. The third-order valence-corrected chi connectivity index (χ3v) is 12.6. The summed E-state index contributed by atoms with van der Waals surface area (Å²) >= 11 is 20.7. The van der Waals surface area contributed by atoms with Crippen LogP contribution in [0.25, 0.3) is 0 Å². The summed E-state index contributed by atoms with van der Waals surface area (Å²) in [5, 5.41) is 10.5. The molecule has 1 saturated carbocycles. The van der Waals surface area contributed by atoms with Gasteiger partial charge in [0.2, 0.25) is 17.6 Å². The van der Waals surface area contributed by atoms with Crippen LogP contribution < -0.4 is 14.5 Å². The van der Waals surface area contributed by atoms with E-state index >= 15 is 8.78 Å². The fraction of sp³-hybridized carbons (Fsp3) is 0.278. The summed E-state index contributed by atoms with van der Waals surface area (Å²) in [6, 6.07) is 8.82. The normalized spacial score (nSPS) is 29.3. The predicted molar refractivity (Wildman–Crippen MR) is 176 cm³/mol. The number of alkyl halides is 2. The predicted octanol–water partition coefficient (Wildman–Crippen LogP) is 7.17. The Hall–Kier alpha value is -4.46. The minimum atomic E-state index is -2.69. The summed E-state index contributed by atoms with van der Waals surface area (Å²) in [7, 11) is 0. The lowest BCUT2D eigenvalue weighted by molar-refractivity contribution is -0.125. The highest BCUT2D eigenvalue weighted by molar-refractivity contribution is 6.58. The van der Waals surface area contributed by atoms with E-state index in [9.17, 15) is 37.5 Å². The molecule has 6 atom stereocenters. The van der Waals surface area contributed by atoms with E-state index in [-0.39, 0.29) is 45.3 Å². The molecule has 4 amide bonds. The first kappa shape index (κ1) is 34.6. The number of aryl methyl sites for hydroxylation is 1. The maximum atomic E-state index is 15.3. The molecule has 3 heterocycles. The average Bonchev–Trinajstić information content (AvgIpc) is 3.45. The van der Waals surface area contributed by atoms with Crippen LogP contribution in [0.15, 0.2) is 59.9 Å². The second-order valence-electron chi connectivity index (χ2n) is 13.4. The number of hydrogen-bond acceptors (Lipinski definition) is 6. The molecule has 52 heavy (non-hydrogen) atoms. The fourth-order valence-electron chi connectivity index (χ4n) is 8.35. The van der Waals surface area contributed by atoms with E-state index in [4.69, 9.17) is 39.5 Å². The van der Waals surface area contributed by atoms with Gasteiger partial charge in [-0.2, -0.15) is 0 Å². The van der Waals surface area contributed by atoms with E-state index in [0.29, 0.717) is 16.9 Å².